The highest BCUT2D eigenvalue weighted by Crippen LogP contribution is 2.37. The van der Waals surface area contributed by atoms with Crippen molar-refractivity contribution >= 4 is 20.0 Å². The lowest BCUT2D eigenvalue weighted by Crippen LogP contribution is -2.55. The van der Waals surface area contributed by atoms with Gasteiger partial charge in [0.25, 0.3) is 5.88 Å². The summed E-state index contributed by atoms with van der Waals surface area (Å²) in [4.78, 5) is 23.3. The Hall–Kier alpha value is -3.12. The highest BCUT2D eigenvalue weighted by atomic mass is 28.4. The largest absolute Gasteiger partial charge is 0.478 e. The van der Waals surface area contributed by atoms with Crippen LogP contribution in [0.3, 0.4) is 0 Å². The minimum absolute atomic E-state index is 0.206. The number of urea groups is 1. The van der Waals surface area contributed by atoms with Crippen molar-refractivity contribution in [2.45, 2.75) is 71.0 Å². The third kappa shape index (κ3) is 6.91. The summed E-state index contributed by atoms with van der Waals surface area (Å²) < 4.78 is 54.7. The molecule has 2 amide bonds. The second-order valence-corrected chi connectivity index (χ2v) is 15.8. The molecule has 0 radical (unpaired) electrons. The standard InChI is InChI=1S/C27H38F3N5O3Si/c1-9-35(25(36)33-22(27(28,29)30)17-38-39(7,8)26(3,4)5)18(2)19-11-10-12-20(15-19)21-16-34-14-13-31-23(34)24(32-21)37-6/h10-16,18,22H,9,17H2,1-8H3,(H,33,36). The molecular weight excluding hydrogens is 527 g/mol. The number of imidazole rings is 1. The Morgan fingerprint density at radius 1 is 1.23 bits per heavy atom. The molecule has 2 aromatic heterocycles. The fraction of sp³-hybridized carbons (Fsp3) is 0.519. The molecule has 2 heterocycles. The molecule has 0 spiro atoms. The summed E-state index contributed by atoms with van der Waals surface area (Å²) in [6, 6.07) is 3.96. The molecule has 12 heteroatoms. The maximum absolute atomic E-state index is 13.9. The molecule has 39 heavy (non-hydrogen) atoms. The van der Waals surface area contributed by atoms with E-state index in [2.05, 4.69) is 15.3 Å². The Bertz CT molecular complexity index is 1290. The molecule has 0 bridgehead atoms. The third-order valence-electron chi connectivity index (χ3n) is 7.38. The van der Waals surface area contributed by atoms with Crippen LogP contribution in [-0.2, 0) is 4.43 Å². The van der Waals surface area contributed by atoms with Crippen molar-refractivity contribution in [3.8, 4) is 17.1 Å². The number of rotatable bonds is 9. The number of carbonyl (C=O) groups is 1. The molecule has 0 saturated heterocycles. The van der Waals surface area contributed by atoms with Gasteiger partial charge in [-0.3, -0.25) is 0 Å². The minimum atomic E-state index is -4.66. The number of aromatic nitrogens is 3. The summed E-state index contributed by atoms with van der Waals surface area (Å²) >= 11 is 0. The maximum atomic E-state index is 13.9. The van der Waals surface area contributed by atoms with Gasteiger partial charge in [0.15, 0.2) is 14.0 Å². The number of ether oxygens (including phenoxy) is 1. The Kier molecular flexibility index (Phi) is 9.01. The number of methoxy groups -OCH3 is 1. The molecule has 1 N–H and O–H groups in total. The van der Waals surface area contributed by atoms with Gasteiger partial charge in [-0.1, -0.05) is 39.0 Å². The summed E-state index contributed by atoms with van der Waals surface area (Å²) in [7, 11) is -0.935. The van der Waals surface area contributed by atoms with Crippen LogP contribution in [0.2, 0.25) is 18.1 Å². The highest BCUT2D eigenvalue weighted by Gasteiger charge is 2.45. The normalized spacial score (nSPS) is 14.2. The molecular formula is C27H38F3N5O3Si. The number of nitrogens with one attached hydrogen (secondary N) is 1. The van der Waals surface area contributed by atoms with Crippen LogP contribution >= 0.6 is 0 Å². The molecule has 0 aliphatic carbocycles. The summed E-state index contributed by atoms with van der Waals surface area (Å²) in [6.45, 7) is 12.7. The SMILES string of the molecule is CCN(C(=O)NC(CO[Si](C)(C)C(C)(C)C)C(F)(F)F)C(C)c1cccc(-c2cn3ccnc3c(OC)n2)c1. The predicted octanol–water partition coefficient (Wildman–Crippen LogP) is 6.45. The first-order valence-corrected chi connectivity index (χ1v) is 15.8. The van der Waals surface area contributed by atoms with E-state index in [1.165, 1.54) is 12.0 Å². The molecule has 0 aliphatic heterocycles. The predicted molar refractivity (Wildman–Crippen MR) is 147 cm³/mol. The van der Waals surface area contributed by atoms with Gasteiger partial charge < -0.3 is 23.8 Å². The van der Waals surface area contributed by atoms with Crippen LogP contribution < -0.4 is 10.1 Å². The average Bonchev–Trinajstić information content (AvgIpc) is 3.34. The van der Waals surface area contributed by atoms with Crippen molar-refractivity contribution in [3.05, 3.63) is 48.4 Å². The molecule has 2 unspecified atom stereocenters. The van der Waals surface area contributed by atoms with Gasteiger partial charge in [-0.15, -0.1) is 0 Å². The number of alkyl halides is 3. The van der Waals surface area contributed by atoms with Crippen molar-refractivity contribution < 1.29 is 27.1 Å². The molecule has 2 atom stereocenters. The lowest BCUT2D eigenvalue weighted by Gasteiger charge is -2.38. The molecule has 214 valence electrons. The van der Waals surface area contributed by atoms with Crippen molar-refractivity contribution in [2.75, 3.05) is 20.3 Å². The van der Waals surface area contributed by atoms with E-state index in [0.717, 1.165) is 11.1 Å². The lowest BCUT2D eigenvalue weighted by molar-refractivity contribution is -0.160. The minimum Gasteiger partial charge on any atom is -0.478 e. The summed E-state index contributed by atoms with van der Waals surface area (Å²) in [5.41, 5.74) is 2.72. The second kappa shape index (κ2) is 11.5. The van der Waals surface area contributed by atoms with Crippen molar-refractivity contribution in [1.29, 1.82) is 0 Å². The Morgan fingerprint density at radius 2 is 1.92 bits per heavy atom. The van der Waals surface area contributed by atoms with Gasteiger partial charge in [0, 0.05) is 30.7 Å². The molecule has 1 aromatic carbocycles. The highest BCUT2D eigenvalue weighted by molar-refractivity contribution is 6.74. The van der Waals surface area contributed by atoms with E-state index in [4.69, 9.17) is 9.16 Å². The van der Waals surface area contributed by atoms with Gasteiger partial charge in [0.05, 0.1) is 25.5 Å². The van der Waals surface area contributed by atoms with Crippen LogP contribution in [0.15, 0.2) is 42.9 Å². The van der Waals surface area contributed by atoms with Crippen LogP contribution in [-0.4, -0.2) is 66.1 Å². The van der Waals surface area contributed by atoms with Crippen molar-refractivity contribution in [1.82, 2.24) is 24.6 Å². The van der Waals surface area contributed by atoms with Gasteiger partial charge in [-0.05, 0) is 43.6 Å². The van der Waals surface area contributed by atoms with Crippen molar-refractivity contribution in [2.24, 2.45) is 0 Å². The smallest absolute Gasteiger partial charge is 0.410 e. The van der Waals surface area contributed by atoms with Crippen LogP contribution in [0.25, 0.3) is 16.9 Å². The summed E-state index contributed by atoms with van der Waals surface area (Å²) in [5, 5.41) is 1.92. The van der Waals surface area contributed by atoms with E-state index in [-0.39, 0.29) is 11.6 Å². The molecule has 3 aromatic rings. The first-order valence-electron chi connectivity index (χ1n) is 12.8. The Labute approximate surface area is 228 Å². The van der Waals surface area contributed by atoms with Gasteiger partial charge in [0.1, 0.15) is 6.04 Å². The van der Waals surface area contributed by atoms with Crippen molar-refractivity contribution in [3.63, 3.8) is 0 Å². The first-order chi connectivity index (χ1) is 18.1. The topological polar surface area (TPSA) is 81.0 Å². The number of benzene rings is 1. The van der Waals surface area contributed by atoms with Crippen LogP contribution in [0.4, 0.5) is 18.0 Å². The van der Waals surface area contributed by atoms with E-state index in [9.17, 15) is 18.0 Å². The number of nitrogens with zero attached hydrogens (tertiary/aromatic N) is 4. The Morgan fingerprint density at radius 3 is 2.51 bits per heavy atom. The van der Waals surface area contributed by atoms with E-state index in [0.29, 0.717) is 17.2 Å². The third-order valence-corrected chi connectivity index (χ3v) is 11.9. The van der Waals surface area contributed by atoms with Crippen LogP contribution in [0.5, 0.6) is 5.88 Å². The number of hydrogen-bond acceptors (Lipinski definition) is 5. The lowest BCUT2D eigenvalue weighted by atomic mass is 10.0. The zero-order chi connectivity index (χ0) is 29.2. The van der Waals surface area contributed by atoms with Crippen LogP contribution in [0.1, 0.15) is 46.2 Å². The molecule has 8 nitrogen and oxygen atoms in total. The Balaban J connectivity index is 1.82. The van der Waals surface area contributed by atoms with Gasteiger partial charge in [0.2, 0.25) is 0 Å². The fourth-order valence-electron chi connectivity index (χ4n) is 3.87. The summed E-state index contributed by atoms with van der Waals surface area (Å²) in [5.74, 6) is 0.364. The summed E-state index contributed by atoms with van der Waals surface area (Å²) in [6.07, 6.45) is 0.585. The van der Waals surface area contributed by atoms with Crippen LogP contribution in [0, 0.1) is 0 Å². The number of carbonyl (C=O) groups excluding carboxylic acids is 1. The van der Waals surface area contributed by atoms with Gasteiger partial charge >= 0.3 is 12.2 Å². The molecule has 3 rings (SSSR count). The quantitative estimate of drug-likeness (QED) is 0.302. The number of halogens is 3. The van der Waals surface area contributed by atoms with E-state index >= 15 is 0 Å². The first kappa shape index (κ1) is 30.4. The zero-order valence-corrected chi connectivity index (χ0v) is 24.8. The second-order valence-electron chi connectivity index (χ2n) is 11.0. The van der Waals surface area contributed by atoms with E-state index < -0.39 is 39.2 Å². The zero-order valence-electron chi connectivity index (χ0n) is 23.8. The number of amides is 2. The monoisotopic (exact) mass is 565 g/mol. The number of fused-ring (bicyclic) bond motifs is 1. The average molecular weight is 566 g/mol. The van der Waals surface area contributed by atoms with E-state index in [1.807, 2.05) is 64.3 Å². The molecule has 0 aliphatic rings. The van der Waals surface area contributed by atoms with Gasteiger partial charge in [-0.2, -0.15) is 13.2 Å². The van der Waals surface area contributed by atoms with E-state index in [1.54, 1.807) is 30.6 Å². The van der Waals surface area contributed by atoms with Gasteiger partial charge in [-0.25, -0.2) is 14.8 Å². The number of hydrogen-bond donors (Lipinski definition) is 1. The molecule has 0 fully saturated rings. The molecule has 0 saturated carbocycles. The maximum Gasteiger partial charge on any atom is 0.410 e. The fourth-order valence-corrected chi connectivity index (χ4v) is 4.88.